The van der Waals surface area contributed by atoms with E-state index < -0.39 is 5.82 Å². The maximum Gasteiger partial charge on any atom is 0.170 e. The van der Waals surface area contributed by atoms with Crippen LogP contribution in [0.3, 0.4) is 0 Å². The maximum absolute atomic E-state index is 13.9. The molecule has 2 rings (SSSR count). The molecule has 0 atom stereocenters. The van der Waals surface area contributed by atoms with Crippen LogP contribution < -0.4 is 10.6 Å². The summed E-state index contributed by atoms with van der Waals surface area (Å²) in [6.07, 6.45) is 0.990. The first-order valence-corrected chi connectivity index (χ1v) is 5.82. The lowest BCUT2D eigenvalue weighted by molar-refractivity contribution is 0.145. The predicted octanol–water partition coefficient (Wildman–Crippen LogP) is 0.881. The highest BCUT2D eigenvalue weighted by molar-refractivity contribution is 5.97. The van der Waals surface area contributed by atoms with Crippen LogP contribution >= 0.6 is 0 Å². The van der Waals surface area contributed by atoms with Gasteiger partial charge in [-0.1, -0.05) is 5.16 Å². The number of benzene rings is 1. The maximum atomic E-state index is 13.9. The number of nitrogens with two attached hydrogens (primary N) is 1. The lowest BCUT2D eigenvalue weighted by Crippen LogP contribution is -2.36. The van der Waals surface area contributed by atoms with Gasteiger partial charge in [-0.2, -0.15) is 0 Å². The highest BCUT2D eigenvalue weighted by Gasteiger charge is 2.19. The third kappa shape index (κ3) is 2.53. The number of rotatable bonds is 2. The molecule has 1 fully saturated rings. The van der Waals surface area contributed by atoms with Crippen molar-refractivity contribution in [3.05, 3.63) is 29.6 Å². The lowest BCUT2D eigenvalue weighted by Gasteiger charge is -2.31. The van der Waals surface area contributed by atoms with Crippen LogP contribution in [0.25, 0.3) is 0 Å². The molecule has 1 aliphatic heterocycles. The largest absolute Gasteiger partial charge is 0.409 e. The molecule has 4 N–H and O–H groups in total. The Balaban J connectivity index is 2.20. The molecule has 0 unspecified atom stereocenters. The van der Waals surface area contributed by atoms with Gasteiger partial charge in [0.1, 0.15) is 5.82 Å². The molecular formula is C12H16FN3O2. The molecule has 5 nitrogen and oxygen atoms in total. The van der Waals surface area contributed by atoms with Crippen molar-refractivity contribution >= 4 is 11.5 Å². The van der Waals surface area contributed by atoms with Gasteiger partial charge in [-0.05, 0) is 31.0 Å². The molecule has 0 aliphatic carbocycles. The van der Waals surface area contributed by atoms with Crippen molar-refractivity contribution in [1.29, 1.82) is 0 Å². The second-order valence-corrected chi connectivity index (χ2v) is 4.37. The van der Waals surface area contributed by atoms with E-state index in [4.69, 9.17) is 10.9 Å². The molecule has 1 saturated heterocycles. The number of oxime groups is 1. The standard InChI is InChI=1S/C12H16FN3O2/c13-10-7-8(12(14)15-18)1-2-11(10)16-5-3-9(17)4-6-16/h1-2,7,9,17-18H,3-6H2,(H2,14,15). The summed E-state index contributed by atoms with van der Waals surface area (Å²) in [4.78, 5) is 1.89. The van der Waals surface area contributed by atoms with Crippen LogP contribution in [0.2, 0.25) is 0 Å². The first kappa shape index (κ1) is 12.6. The van der Waals surface area contributed by atoms with E-state index in [1.807, 2.05) is 4.90 Å². The van der Waals surface area contributed by atoms with Crippen molar-refractivity contribution in [3.8, 4) is 0 Å². The smallest absolute Gasteiger partial charge is 0.170 e. The molecule has 0 spiro atoms. The van der Waals surface area contributed by atoms with E-state index in [2.05, 4.69) is 5.16 Å². The fourth-order valence-corrected chi connectivity index (χ4v) is 2.09. The van der Waals surface area contributed by atoms with E-state index in [1.165, 1.54) is 6.07 Å². The molecule has 98 valence electrons. The van der Waals surface area contributed by atoms with E-state index in [0.717, 1.165) is 0 Å². The molecule has 1 heterocycles. The molecule has 6 heteroatoms. The number of aliphatic hydroxyl groups excluding tert-OH is 1. The Morgan fingerprint density at radius 1 is 1.39 bits per heavy atom. The van der Waals surface area contributed by atoms with Crippen molar-refractivity contribution in [1.82, 2.24) is 0 Å². The number of halogens is 1. The van der Waals surface area contributed by atoms with Crippen molar-refractivity contribution < 1.29 is 14.7 Å². The Morgan fingerprint density at radius 3 is 2.61 bits per heavy atom. The summed E-state index contributed by atoms with van der Waals surface area (Å²) in [6.45, 7) is 1.25. The Kier molecular flexibility index (Phi) is 3.66. The van der Waals surface area contributed by atoms with E-state index >= 15 is 0 Å². The zero-order chi connectivity index (χ0) is 13.1. The molecule has 0 aromatic heterocycles. The number of piperidine rings is 1. The highest BCUT2D eigenvalue weighted by atomic mass is 19.1. The second kappa shape index (κ2) is 5.22. The van der Waals surface area contributed by atoms with Crippen molar-refractivity contribution in [2.45, 2.75) is 18.9 Å². The first-order valence-electron chi connectivity index (χ1n) is 5.82. The van der Waals surface area contributed by atoms with Crippen LogP contribution in [0.5, 0.6) is 0 Å². The second-order valence-electron chi connectivity index (χ2n) is 4.37. The number of aliphatic hydroxyl groups is 1. The number of anilines is 1. The van der Waals surface area contributed by atoms with Gasteiger partial charge in [0.15, 0.2) is 5.84 Å². The summed E-state index contributed by atoms with van der Waals surface area (Å²) < 4.78 is 13.9. The normalized spacial score (nSPS) is 18.1. The van der Waals surface area contributed by atoms with E-state index in [0.29, 0.717) is 37.2 Å². The average molecular weight is 253 g/mol. The summed E-state index contributed by atoms with van der Waals surface area (Å²) in [5.74, 6) is -0.523. The van der Waals surface area contributed by atoms with Crippen molar-refractivity contribution in [2.24, 2.45) is 10.9 Å². The van der Waals surface area contributed by atoms with Gasteiger partial charge in [0, 0.05) is 18.7 Å². The Hall–Kier alpha value is -1.82. The minimum absolute atomic E-state index is 0.116. The molecular weight excluding hydrogens is 237 g/mol. The SMILES string of the molecule is N/C(=N\O)c1ccc(N2CCC(O)CC2)c(F)c1. The Labute approximate surface area is 104 Å². The minimum atomic E-state index is -0.407. The highest BCUT2D eigenvalue weighted by Crippen LogP contribution is 2.24. The molecule has 0 bridgehead atoms. The minimum Gasteiger partial charge on any atom is -0.409 e. The molecule has 0 radical (unpaired) electrons. The van der Waals surface area contributed by atoms with E-state index in [1.54, 1.807) is 12.1 Å². The Bertz CT molecular complexity index is 457. The summed E-state index contributed by atoms with van der Waals surface area (Å²) in [5, 5.41) is 20.8. The fourth-order valence-electron chi connectivity index (χ4n) is 2.09. The molecule has 0 saturated carbocycles. The van der Waals surface area contributed by atoms with Crippen molar-refractivity contribution in [3.63, 3.8) is 0 Å². The monoisotopic (exact) mass is 253 g/mol. The van der Waals surface area contributed by atoms with Gasteiger partial charge in [-0.15, -0.1) is 0 Å². The zero-order valence-electron chi connectivity index (χ0n) is 9.88. The molecule has 1 aromatic rings. The van der Waals surface area contributed by atoms with E-state index in [9.17, 15) is 9.50 Å². The predicted molar refractivity (Wildman–Crippen MR) is 66.4 cm³/mol. The van der Waals surface area contributed by atoms with Crippen LogP contribution in [-0.2, 0) is 0 Å². The number of hydrogen-bond donors (Lipinski definition) is 3. The van der Waals surface area contributed by atoms with Crippen LogP contribution in [0.4, 0.5) is 10.1 Å². The summed E-state index contributed by atoms with van der Waals surface area (Å²) in [6, 6.07) is 4.47. The average Bonchev–Trinajstić information content (AvgIpc) is 2.39. The molecule has 1 aromatic carbocycles. The molecule has 0 amide bonds. The van der Waals surface area contributed by atoms with Gasteiger partial charge in [0.05, 0.1) is 11.8 Å². The van der Waals surface area contributed by atoms with Crippen LogP contribution in [0, 0.1) is 5.82 Å². The fraction of sp³-hybridized carbons (Fsp3) is 0.417. The van der Waals surface area contributed by atoms with Gasteiger partial charge in [0.25, 0.3) is 0 Å². The van der Waals surface area contributed by atoms with Gasteiger partial charge in [-0.25, -0.2) is 4.39 Å². The van der Waals surface area contributed by atoms with Gasteiger partial charge in [0.2, 0.25) is 0 Å². The van der Waals surface area contributed by atoms with Crippen LogP contribution in [0.15, 0.2) is 23.4 Å². The van der Waals surface area contributed by atoms with Crippen LogP contribution in [-0.4, -0.2) is 35.3 Å². The van der Waals surface area contributed by atoms with Gasteiger partial charge < -0.3 is 20.9 Å². The quantitative estimate of drug-likeness (QED) is 0.316. The number of hydrogen-bond acceptors (Lipinski definition) is 4. The van der Waals surface area contributed by atoms with Crippen molar-refractivity contribution in [2.75, 3.05) is 18.0 Å². The summed E-state index contributed by atoms with van der Waals surface area (Å²) in [5.41, 5.74) is 6.22. The zero-order valence-corrected chi connectivity index (χ0v) is 9.88. The van der Waals surface area contributed by atoms with Crippen LogP contribution in [0.1, 0.15) is 18.4 Å². The first-order chi connectivity index (χ1) is 8.61. The molecule has 18 heavy (non-hydrogen) atoms. The Morgan fingerprint density at radius 2 is 2.06 bits per heavy atom. The lowest BCUT2D eigenvalue weighted by atomic mass is 10.1. The van der Waals surface area contributed by atoms with E-state index in [-0.39, 0.29) is 11.9 Å². The summed E-state index contributed by atoms with van der Waals surface area (Å²) in [7, 11) is 0. The molecule has 1 aliphatic rings. The third-order valence-corrected chi connectivity index (χ3v) is 3.16. The third-order valence-electron chi connectivity index (χ3n) is 3.16. The summed E-state index contributed by atoms with van der Waals surface area (Å²) >= 11 is 0. The number of nitrogens with zero attached hydrogens (tertiary/aromatic N) is 2. The number of amidine groups is 1. The van der Waals surface area contributed by atoms with Gasteiger partial charge in [-0.3, -0.25) is 0 Å². The topological polar surface area (TPSA) is 82.1 Å². The van der Waals surface area contributed by atoms with Gasteiger partial charge >= 0.3 is 0 Å².